The van der Waals surface area contributed by atoms with Crippen LogP contribution in [0.25, 0.3) is 0 Å². The van der Waals surface area contributed by atoms with Crippen LogP contribution in [-0.4, -0.2) is 10.9 Å². The van der Waals surface area contributed by atoms with Gasteiger partial charge >= 0.3 is 0 Å². The molecule has 18 heavy (non-hydrogen) atoms. The van der Waals surface area contributed by atoms with E-state index in [0.717, 1.165) is 6.07 Å². The molecule has 0 aliphatic carbocycles. The number of anilines is 1. The molecule has 0 atom stereocenters. The van der Waals surface area contributed by atoms with Gasteiger partial charge in [-0.3, -0.25) is 4.79 Å². The first-order valence-electron chi connectivity index (χ1n) is 5.03. The maximum Gasteiger partial charge on any atom is 0.267 e. The number of benzene rings is 1. The van der Waals surface area contributed by atoms with Crippen LogP contribution in [0.4, 0.5) is 10.1 Å². The molecule has 1 amide bonds. The molecule has 0 aliphatic rings. The number of thiazole rings is 1. The molecule has 2 aromatic rings. The van der Waals surface area contributed by atoms with E-state index in [-0.39, 0.29) is 11.5 Å². The fourth-order valence-electron chi connectivity index (χ4n) is 1.40. The number of nitrogens with one attached hydrogen (secondary N) is 1. The summed E-state index contributed by atoms with van der Waals surface area (Å²) in [6.07, 6.45) is 0. The maximum absolute atomic E-state index is 13.1. The zero-order chi connectivity index (χ0) is 13.1. The smallest absolute Gasteiger partial charge is 0.267 e. The van der Waals surface area contributed by atoms with Crippen LogP contribution >= 0.6 is 11.3 Å². The lowest BCUT2D eigenvalue weighted by Crippen LogP contribution is -2.11. The van der Waals surface area contributed by atoms with Crippen molar-refractivity contribution in [2.45, 2.75) is 6.92 Å². The molecule has 4 nitrogen and oxygen atoms in total. The van der Waals surface area contributed by atoms with Gasteiger partial charge in [0.2, 0.25) is 0 Å². The van der Waals surface area contributed by atoms with E-state index in [1.165, 1.54) is 23.5 Å². The van der Waals surface area contributed by atoms with E-state index in [0.29, 0.717) is 16.3 Å². The molecular formula is C12H8FN3OS. The van der Waals surface area contributed by atoms with Gasteiger partial charge in [-0.05, 0) is 25.1 Å². The number of nitrogens with zero attached hydrogens (tertiary/aromatic N) is 2. The van der Waals surface area contributed by atoms with Gasteiger partial charge in [0.15, 0.2) is 0 Å². The molecule has 1 heterocycles. The second-order valence-electron chi connectivity index (χ2n) is 3.53. The molecule has 1 N–H and O–H groups in total. The predicted molar refractivity (Wildman–Crippen MR) is 65.9 cm³/mol. The Morgan fingerprint density at radius 1 is 1.56 bits per heavy atom. The van der Waals surface area contributed by atoms with Crippen LogP contribution in [-0.2, 0) is 0 Å². The van der Waals surface area contributed by atoms with Gasteiger partial charge in [-0.1, -0.05) is 0 Å². The van der Waals surface area contributed by atoms with E-state index in [4.69, 9.17) is 5.26 Å². The fraction of sp³-hybridized carbons (Fsp3) is 0.0833. The highest BCUT2D eigenvalue weighted by Crippen LogP contribution is 2.17. The van der Waals surface area contributed by atoms with Gasteiger partial charge in [-0.2, -0.15) is 5.26 Å². The molecule has 1 aromatic carbocycles. The maximum atomic E-state index is 13.1. The summed E-state index contributed by atoms with van der Waals surface area (Å²) >= 11 is 1.23. The predicted octanol–water partition coefficient (Wildman–Crippen LogP) is 2.71. The first kappa shape index (κ1) is 12.2. The zero-order valence-corrected chi connectivity index (χ0v) is 10.2. The molecule has 0 fully saturated rings. The van der Waals surface area contributed by atoms with Crippen molar-refractivity contribution in [1.82, 2.24) is 4.98 Å². The van der Waals surface area contributed by atoms with Crippen LogP contribution in [0.3, 0.4) is 0 Å². The lowest BCUT2D eigenvalue weighted by Gasteiger charge is -2.04. The fourth-order valence-corrected chi connectivity index (χ4v) is 2.09. The minimum atomic E-state index is -0.607. The Balaban J connectivity index is 2.23. The summed E-state index contributed by atoms with van der Waals surface area (Å²) in [4.78, 5) is 16.3. The van der Waals surface area contributed by atoms with E-state index in [1.807, 2.05) is 0 Å². The van der Waals surface area contributed by atoms with Crippen molar-refractivity contribution < 1.29 is 9.18 Å². The number of nitriles is 1. The Hall–Kier alpha value is -2.26. The Labute approximate surface area is 107 Å². The molecule has 0 spiro atoms. The third-order valence-electron chi connectivity index (χ3n) is 2.30. The summed E-state index contributed by atoms with van der Waals surface area (Å²) in [5.41, 5.74) is 2.50. The number of rotatable bonds is 2. The van der Waals surface area contributed by atoms with E-state index in [1.54, 1.807) is 18.5 Å². The second kappa shape index (κ2) is 4.94. The lowest BCUT2D eigenvalue weighted by molar-refractivity contribution is 0.103. The highest BCUT2D eigenvalue weighted by atomic mass is 32.1. The van der Waals surface area contributed by atoms with Crippen molar-refractivity contribution in [2.75, 3.05) is 5.32 Å². The number of hydrogen-bond acceptors (Lipinski definition) is 4. The average molecular weight is 261 g/mol. The van der Waals surface area contributed by atoms with Gasteiger partial charge in [0.25, 0.3) is 5.91 Å². The molecule has 0 unspecified atom stereocenters. The third kappa shape index (κ3) is 2.36. The highest BCUT2D eigenvalue weighted by Gasteiger charge is 2.12. The average Bonchev–Trinajstić information content (AvgIpc) is 2.78. The highest BCUT2D eigenvalue weighted by molar-refractivity contribution is 7.12. The van der Waals surface area contributed by atoms with Crippen LogP contribution in [0.2, 0.25) is 0 Å². The summed E-state index contributed by atoms with van der Waals surface area (Å²) in [7, 11) is 0. The number of aromatic nitrogens is 1. The standard InChI is InChI=1S/C12H8FN3OS/c1-7-11(18-6-15-7)12(17)16-9-2-3-10(13)8(4-9)5-14/h2-4,6H,1H3,(H,16,17). The quantitative estimate of drug-likeness (QED) is 0.903. The van der Waals surface area contributed by atoms with Gasteiger partial charge in [0.05, 0.1) is 16.8 Å². The van der Waals surface area contributed by atoms with Crippen molar-refractivity contribution >= 4 is 22.9 Å². The SMILES string of the molecule is Cc1ncsc1C(=O)Nc1ccc(F)c(C#N)c1. The summed E-state index contributed by atoms with van der Waals surface area (Å²) in [6, 6.07) is 5.57. The van der Waals surface area contributed by atoms with Gasteiger partial charge < -0.3 is 5.32 Å². The Kier molecular flexibility index (Phi) is 3.35. The molecule has 2 rings (SSSR count). The Morgan fingerprint density at radius 3 is 2.94 bits per heavy atom. The molecule has 0 saturated carbocycles. The number of carbonyl (C=O) groups is 1. The third-order valence-corrected chi connectivity index (χ3v) is 3.22. The van der Waals surface area contributed by atoms with E-state index >= 15 is 0 Å². The molecule has 0 saturated heterocycles. The van der Waals surface area contributed by atoms with Crippen molar-refractivity contribution in [1.29, 1.82) is 5.26 Å². The summed E-state index contributed by atoms with van der Waals surface area (Å²) in [5.74, 6) is -0.921. The van der Waals surface area contributed by atoms with Crippen LogP contribution in [0, 0.1) is 24.1 Å². The van der Waals surface area contributed by atoms with Gasteiger partial charge in [0, 0.05) is 5.69 Å². The minimum Gasteiger partial charge on any atom is -0.321 e. The van der Waals surface area contributed by atoms with Gasteiger partial charge in [-0.15, -0.1) is 11.3 Å². The molecule has 0 radical (unpaired) electrons. The Morgan fingerprint density at radius 2 is 2.33 bits per heavy atom. The van der Waals surface area contributed by atoms with Crippen molar-refractivity contribution in [3.63, 3.8) is 0 Å². The first-order valence-corrected chi connectivity index (χ1v) is 5.91. The normalized spacial score (nSPS) is 9.83. The first-order chi connectivity index (χ1) is 8.61. The number of amides is 1. The van der Waals surface area contributed by atoms with Crippen LogP contribution < -0.4 is 5.32 Å². The Bertz CT molecular complexity index is 645. The second-order valence-corrected chi connectivity index (χ2v) is 4.38. The van der Waals surface area contributed by atoms with Crippen LogP contribution in [0.15, 0.2) is 23.7 Å². The summed E-state index contributed by atoms with van der Waals surface area (Å²) < 4.78 is 13.1. The molecule has 0 bridgehead atoms. The van der Waals surface area contributed by atoms with E-state index < -0.39 is 5.82 Å². The van der Waals surface area contributed by atoms with E-state index in [2.05, 4.69) is 10.3 Å². The summed E-state index contributed by atoms with van der Waals surface area (Å²) in [5, 5.41) is 11.3. The molecular weight excluding hydrogens is 253 g/mol. The largest absolute Gasteiger partial charge is 0.321 e. The number of hydrogen-bond donors (Lipinski definition) is 1. The molecule has 1 aromatic heterocycles. The van der Waals surface area contributed by atoms with Crippen molar-refractivity contribution in [3.05, 3.63) is 45.7 Å². The lowest BCUT2D eigenvalue weighted by atomic mass is 10.2. The van der Waals surface area contributed by atoms with Gasteiger partial charge in [0.1, 0.15) is 16.8 Å². The number of carbonyl (C=O) groups excluding carboxylic acids is 1. The van der Waals surface area contributed by atoms with Crippen molar-refractivity contribution in [3.8, 4) is 6.07 Å². The van der Waals surface area contributed by atoms with Crippen LogP contribution in [0.5, 0.6) is 0 Å². The molecule has 0 aliphatic heterocycles. The topological polar surface area (TPSA) is 65.8 Å². The van der Waals surface area contributed by atoms with Gasteiger partial charge in [-0.25, -0.2) is 9.37 Å². The van der Waals surface area contributed by atoms with E-state index in [9.17, 15) is 9.18 Å². The minimum absolute atomic E-state index is 0.103. The monoisotopic (exact) mass is 261 g/mol. The number of halogens is 1. The summed E-state index contributed by atoms with van der Waals surface area (Å²) in [6.45, 7) is 1.73. The molecule has 90 valence electrons. The van der Waals surface area contributed by atoms with Crippen molar-refractivity contribution in [2.24, 2.45) is 0 Å². The zero-order valence-electron chi connectivity index (χ0n) is 9.40. The van der Waals surface area contributed by atoms with Crippen LogP contribution in [0.1, 0.15) is 20.9 Å². The number of aryl methyl sites for hydroxylation is 1. The molecule has 6 heteroatoms.